The Morgan fingerprint density at radius 2 is 0.491 bits per heavy atom. The van der Waals surface area contributed by atoms with Crippen molar-refractivity contribution in [3.05, 3.63) is 109 Å². The Kier molecular flexibility index (Phi) is 75.6. The van der Waals surface area contributed by atoms with Gasteiger partial charge in [0.25, 0.3) is 0 Å². The molecule has 0 heterocycles. The molecule has 0 aromatic carbocycles. The Morgan fingerprint density at radius 1 is 0.274 bits per heavy atom. The Balaban J connectivity index is 5.38. The molecular weight excluding hydrogens is 1380 g/mol. The van der Waals surface area contributed by atoms with Gasteiger partial charge in [-0.05, 0) is 154 Å². The van der Waals surface area contributed by atoms with Gasteiger partial charge in [-0.3, -0.25) is 37.3 Å². The van der Waals surface area contributed by atoms with E-state index in [1.165, 1.54) is 77.0 Å². The van der Waals surface area contributed by atoms with Crippen molar-refractivity contribution in [2.24, 2.45) is 0 Å². The van der Waals surface area contributed by atoms with E-state index in [1.807, 2.05) is 0 Å². The van der Waals surface area contributed by atoms with Crippen LogP contribution in [0, 0.1) is 0 Å². The third-order valence-corrected chi connectivity index (χ3v) is 19.6. The zero-order valence-electron chi connectivity index (χ0n) is 67.1. The molecule has 0 aliphatic heterocycles. The number of phosphoric acid groups is 2. The highest BCUT2D eigenvalue weighted by Gasteiger charge is 2.30. The summed E-state index contributed by atoms with van der Waals surface area (Å²) in [5, 5.41) is 10.7. The van der Waals surface area contributed by atoms with Crippen LogP contribution in [0.15, 0.2) is 109 Å². The first-order valence-corrected chi connectivity index (χ1v) is 45.1. The van der Waals surface area contributed by atoms with E-state index in [9.17, 15) is 43.2 Å². The van der Waals surface area contributed by atoms with E-state index in [4.69, 9.17) is 37.0 Å². The molecule has 0 aromatic rings. The lowest BCUT2D eigenvalue weighted by Crippen LogP contribution is -2.30. The maximum atomic E-state index is 13.1. The molecule has 5 atom stereocenters. The maximum absolute atomic E-state index is 13.1. The molecular formula is C87H152O17P2. The number of esters is 4. The zero-order valence-corrected chi connectivity index (χ0v) is 68.9. The van der Waals surface area contributed by atoms with E-state index in [1.54, 1.807) is 0 Å². The number of allylic oxidation sites excluding steroid dienone is 18. The zero-order chi connectivity index (χ0) is 77.4. The van der Waals surface area contributed by atoms with E-state index in [2.05, 4.69) is 137 Å². The molecule has 0 aliphatic carbocycles. The molecule has 3 N–H and O–H groups in total. The summed E-state index contributed by atoms with van der Waals surface area (Å²) in [7, 11) is -9.97. The fraction of sp³-hybridized carbons (Fsp3) is 0.747. The van der Waals surface area contributed by atoms with E-state index < -0.39 is 97.5 Å². The van der Waals surface area contributed by atoms with Crippen LogP contribution in [-0.2, 0) is 65.4 Å². The van der Waals surface area contributed by atoms with Crippen LogP contribution in [0.1, 0.15) is 362 Å². The second-order valence-corrected chi connectivity index (χ2v) is 30.9. The molecule has 17 nitrogen and oxygen atoms in total. The molecule has 0 radical (unpaired) electrons. The van der Waals surface area contributed by atoms with Gasteiger partial charge in [0.2, 0.25) is 0 Å². The Hall–Kier alpha value is -4.28. The minimum atomic E-state index is -4.99. The number of ether oxygens (including phenoxy) is 4. The Morgan fingerprint density at radius 3 is 0.783 bits per heavy atom. The fourth-order valence-electron chi connectivity index (χ4n) is 11.3. The fourth-order valence-corrected chi connectivity index (χ4v) is 12.8. The number of aliphatic hydroxyl groups excluding tert-OH is 1. The van der Waals surface area contributed by atoms with Crippen LogP contribution in [0.5, 0.6) is 0 Å². The van der Waals surface area contributed by atoms with Crippen molar-refractivity contribution in [2.75, 3.05) is 39.6 Å². The number of hydrogen-bond acceptors (Lipinski definition) is 15. The normalized spacial score (nSPS) is 14.4. The quantitative estimate of drug-likeness (QED) is 0.0169. The van der Waals surface area contributed by atoms with Crippen LogP contribution in [0.2, 0.25) is 0 Å². The molecule has 0 spiro atoms. The molecule has 0 fully saturated rings. The third kappa shape index (κ3) is 77.9. The van der Waals surface area contributed by atoms with Crippen LogP contribution in [-0.4, -0.2) is 96.7 Å². The minimum Gasteiger partial charge on any atom is -0.462 e. The van der Waals surface area contributed by atoms with Gasteiger partial charge in [-0.1, -0.05) is 291 Å². The van der Waals surface area contributed by atoms with E-state index in [0.717, 1.165) is 205 Å². The number of carbonyl (C=O) groups excluding carboxylic acids is 4. The number of rotatable bonds is 79. The highest BCUT2D eigenvalue weighted by atomic mass is 31.2. The van der Waals surface area contributed by atoms with Gasteiger partial charge in [-0.25, -0.2) is 9.13 Å². The first-order valence-electron chi connectivity index (χ1n) is 42.1. The molecule has 19 heteroatoms. The van der Waals surface area contributed by atoms with Gasteiger partial charge in [0.15, 0.2) is 12.2 Å². The van der Waals surface area contributed by atoms with Crippen LogP contribution in [0.25, 0.3) is 0 Å². The summed E-state index contributed by atoms with van der Waals surface area (Å²) in [6, 6.07) is 0. The van der Waals surface area contributed by atoms with Crippen molar-refractivity contribution in [3.63, 3.8) is 0 Å². The summed E-state index contributed by atoms with van der Waals surface area (Å²) in [6.45, 7) is 4.71. The number of aliphatic hydroxyl groups is 1. The summed E-state index contributed by atoms with van der Waals surface area (Å²) < 4.78 is 68.8. The number of unbranched alkanes of at least 4 members (excludes halogenated alkanes) is 35. The monoisotopic (exact) mass is 1530 g/mol. The number of hydrogen-bond donors (Lipinski definition) is 3. The van der Waals surface area contributed by atoms with Gasteiger partial charge < -0.3 is 33.8 Å². The largest absolute Gasteiger partial charge is 0.472 e. The molecule has 106 heavy (non-hydrogen) atoms. The molecule has 0 rings (SSSR count). The van der Waals surface area contributed by atoms with Gasteiger partial charge in [-0.15, -0.1) is 0 Å². The van der Waals surface area contributed by atoms with Crippen LogP contribution in [0.3, 0.4) is 0 Å². The molecule has 0 saturated heterocycles. The molecule has 612 valence electrons. The van der Waals surface area contributed by atoms with Crippen molar-refractivity contribution in [3.8, 4) is 0 Å². The van der Waals surface area contributed by atoms with Gasteiger partial charge in [0, 0.05) is 25.7 Å². The minimum absolute atomic E-state index is 0.0760. The average Bonchev–Trinajstić information content (AvgIpc) is 0.928. The average molecular weight is 1530 g/mol. The van der Waals surface area contributed by atoms with Crippen molar-refractivity contribution in [1.82, 2.24) is 0 Å². The highest BCUT2D eigenvalue weighted by Crippen LogP contribution is 2.45. The summed E-state index contributed by atoms with van der Waals surface area (Å²) in [4.78, 5) is 73.2. The van der Waals surface area contributed by atoms with Crippen LogP contribution in [0.4, 0.5) is 0 Å². The first-order chi connectivity index (χ1) is 51.7. The number of phosphoric ester groups is 2. The van der Waals surface area contributed by atoms with Crippen LogP contribution < -0.4 is 0 Å². The molecule has 0 aromatic heterocycles. The topological polar surface area (TPSA) is 237 Å². The summed E-state index contributed by atoms with van der Waals surface area (Å²) in [5.74, 6) is -2.21. The smallest absolute Gasteiger partial charge is 0.462 e. The molecule has 0 aliphatic rings. The Labute approximate surface area is 645 Å². The van der Waals surface area contributed by atoms with E-state index in [-0.39, 0.29) is 25.7 Å². The predicted octanol–water partition coefficient (Wildman–Crippen LogP) is 24.9. The molecule has 0 amide bonds. The van der Waals surface area contributed by atoms with Gasteiger partial charge in [0.05, 0.1) is 26.4 Å². The molecule has 0 saturated carbocycles. The van der Waals surface area contributed by atoms with Gasteiger partial charge in [-0.2, -0.15) is 0 Å². The second kappa shape index (κ2) is 78.8. The van der Waals surface area contributed by atoms with Crippen LogP contribution >= 0.6 is 15.6 Å². The lowest BCUT2D eigenvalue weighted by atomic mass is 10.1. The second-order valence-electron chi connectivity index (χ2n) is 28.0. The number of carbonyl (C=O) groups is 4. The van der Waals surface area contributed by atoms with Crippen molar-refractivity contribution < 1.29 is 80.2 Å². The summed E-state index contributed by atoms with van der Waals surface area (Å²) >= 11 is 0. The van der Waals surface area contributed by atoms with E-state index >= 15 is 0 Å². The van der Waals surface area contributed by atoms with Gasteiger partial charge in [0.1, 0.15) is 19.3 Å². The summed E-state index contributed by atoms with van der Waals surface area (Å²) in [5.41, 5.74) is 0. The lowest BCUT2D eigenvalue weighted by molar-refractivity contribution is -0.161. The maximum Gasteiger partial charge on any atom is 0.472 e. The van der Waals surface area contributed by atoms with Gasteiger partial charge >= 0.3 is 39.5 Å². The molecule has 0 bridgehead atoms. The SMILES string of the molecule is CC/C=C\C/C=C\C/C=C\CCCCCCCCCC(=O)OCC(COP(=O)(O)OCC(O)COP(=O)(O)OCC(COC(=O)CCCCCCCC/C=C\C/C=C\C/C=C\CCCCC)OC(=O)CCCCCCC/C=C\CCCCCCCC)OC(=O)CCCCCCC/C=C\C/C=C\CCCCC. The molecule has 5 unspecified atom stereocenters. The first kappa shape index (κ1) is 102. The summed E-state index contributed by atoms with van der Waals surface area (Å²) in [6.07, 6.45) is 86.1. The van der Waals surface area contributed by atoms with Crippen molar-refractivity contribution in [1.29, 1.82) is 0 Å². The van der Waals surface area contributed by atoms with Crippen molar-refractivity contribution in [2.45, 2.75) is 380 Å². The van der Waals surface area contributed by atoms with E-state index in [0.29, 0.717) is 25.7 Å². The predicted molar refractivity (Wildman–Crippen MR) is 436 cm³/mol. The third-order valence-electron chi connectivity index (χ3n) is 17.7. The standard InChI is InChI=1S/C87H152O17P2/c1-5-9-13-17-21-25-29-33-37-39-40-42-46-48-52-56-60-64-68-72-85(90)98-78-83(104-87(92)74-70-66-62-58-54-50-44-36-32-28-24-20-16-12-8-4)80-102-106(95,96)100-76-81(88)75-99-105(93,94)101-79-82(103-86(91)73-69-65-61-57-53-49-43-35-31-27-23-19-15-11-7-3)77-97-84(89)71-67-63-59-55-51-47-45-41-38-34-30-26-22-18-14-10-6-2/h10,14,21-23,25-27,33-38,40,42-44,81-83,88H,5-9,11-13,15-20,24,28-32,39,41,45-80H2,1-4H3,(H,93,94)(H,95,96)/b14-10-,25-21-,26-22-,27-23-,37-33-,38-34-,42-40-,43-35-,44-36-. The highest BCUT2D eigenvalue weighted by molar-refractivity contribution is 7.47. The Bertz CT molecular complexity index is 2430. The van der Waals surface area contributed by atoms with Crippen molar-refractivity contribution >= 4 is 39.5 Å². The lowest BCUT2D eigenvalue weighted by Gasteiger charge is -2.21.